The molecule has 0 radical (unpaired) electrons. The zero-order chi connectivity index (χ0) is 21.8. The molecule has 1 atom stereocenters. The summed E-state index contributed by atoms with van der Waals surface area (Å²) in [4.78, 5) is 38.3. The molecule has 0 aliphatic carbocycles. The van der Waals surface area contributed by atoms with Gasteiger partial charge in [0.2, 0.25) is 12.7 Å². The van der Waals surface area contributed by atoms with Gasteiger partial charge in [-0.1, -0.05) is 18.2 Å². The van der Waals surface area contributed by atoms with Gasteiger partial charge in [-0.25, -0.2) is 4.79 Å². The number of hydrogen-bond acceptors (Lipinski definition) is 6. The van der Waals surface area contributed by atoms with E-state index in [0.29, 0.717) is 23.8 Å². The number of methoxy groups -OCH3 is 1. The number of nitrogens with one attached hydrogen (secondary N) is 2. The largest absolute Gasteiger partial charge is 0.497 e. The molecule has 31 heavy (non-hydrogen) atoms. The van der Waals surface area contributed by atoms with Crippen LogP contribution in [0.1, 0.15) is 24.0 Å². The van der Waals surface area contributed by atoms with E-state index in [1.54, 1.807) is 25.3 Å². The number of carbonyl (C=O) groups excluding carboxylic acids is 3. The predicted octanol–water partition coefficient (Wildman–Crippen LogP) is 1.94. The Morgan fingerprint density at radius 1 is 1.16 bits per heavy atom. The normalized spacial score (nSPS) is 16.9. The number of urea groups is 1. The van der Waals surface area contributed by atoms with Crippen molar-refractivity contribution in [2.75, 3.05) is 13.9 Å². The van der Waals surface area contributed by atoms with Crippen LogP contribution in [-0.2, 0) is 22.7 Å². The van der Waals surface area contributed by atoms with Gasteiger partial charge in [-0.3, -0.25) is 14.5 Å². The number of benzene rings is 2. The number of fused-ring (bicyclic) bond motifs is 1. The summed E-state index contributed by atoms with van der Waals surface area (Å²) in [5.74, 6) is 1.41. The number of ether oxygens (including phenoxy) is 3. The molecular weight excluding hydrogens is 402 g/mol. The molecule has 0 unspecified atom stereocenters. The van der Waals surface area contributed by atoms with Crippen LogP contribution in [0.5, 0.6) is 17.2 Å². The van der Waals surface area contributed by atoms with Crippen LogP contribution in [0.3, 0.4) is 0 Å². The van der Waals surface area contributed by atoms with Crippen LogP contribution < -0.4 is 24.8 Å². The maximum absolute atomic E-state index is 12.7. The lowest BCUT2D eigenvalue weighted by Crippen LogP contribution is -2.32. The molecule has 4 amide bonds. The zero-order valence-electron chi connectivity index (χ0n) is 17.1. The van der Waals surface area contributed by atoms with Gasteiger partial charge >= 0.3 is 6.03 Å². The zero-order valence-corrected chi connectivity index (χ0v) is 17.1. The van der Waals surface area contributed by atoms with Gasteiger partial charge < -0.3 is 24.8 Å². The van der Waals surface area contributed by atoms with Crippen molar-refractivity contribution in [3.05, 3.63) is 53.6 Å². The van der Waals surface area contributed by atoms with Crippen LogP contribution in [-0.4, -0.2) is 42.7 Å². The fourth-order valence-corrected chi connectivity index (χ4v) is 3.49. The fraction of sp³-hybridized carbons (Fsp3) is 0.318. The molecule has 9 heteroatoms. The summed E-state index contributed by atoms with van der Waals surface area (Å²) in [6.45, 7) is 0.640. The van der Waals surface area contributed by atoms with Crippen molar-refractivity contribution in [3.8, 4) is 17.2 Å². The topological polar surface area (TPSA) is 106 Å². The molecule has 2 N–H and O–H groups in total. The first-order valence-electron chi connectivity index (χ1n) is 9.93. The summed E-state index contributed by atoms with van der Waals surface area (Å²) < 4.78 is 15.8. The third-order valence-electron chi connectivity index (χ3n) is 5.17. The van der Waals surface area contributed by atoms with Crippen molar-refractivity contribution in [1.29, 1.82) is 0 Å². The van der Waals surface area contributed by atoms with E-state index in [-0.39, 0.29) is 38.0 Å². The van der Waals surface area contributed by atoms with Crippen molar-refractivity contribution in [3.63, 3.8) is 0 Å². The van der Waals surface area contributed by atoms with E-state index in [1.807, 2.05) is 24.3 Å². The summed E-state index contributed by atoms with van der Waals surface area (Å²) in [5, 5.41) is 5.47. The molecule has 2 aromatic carbocycles. The summed E-state index contributed by atoms with van der Waals surface area (Å²) in [5.41, 5.74) is 1.66. The standard InChI is InChI=1S/C22H23N3O6/c1-29-16-4-2-3-14(9-16)11-23-20(26)8-6-17-21(27)25(22(28)24-17)12-15-5-7-18-19(10-15)31-13-30-18/h2-5,7,9-10,17H,6,8,11-13H2,1H3,(H,23,26)(H,24,28)/t17-/m1/s1. The van der Waals surface area contributed by atoms with Gasteiger partial charge in [-0.2, -0.15) is 0 Å². The minimum atomic E-state index is -0.718. The molecule has 0 aromatic heterocycles. The first-order valence-corrected chi connectivity index (χ1v) is 9.93. The smallest absolute Gasteiger partial charge is 0.325 e. The van der Waals surface area contributed by atoms with E-state index in [2.05, 4.69) is 10.6 Å². The third-order valence-corrected chi connectivity index (χ3v) is 5.17. The van der Waals surface area contributed by atoms with E-state index >= 15 is 0 Å². The predicted molar refractivity (Wildman–Crippen MR) is 110 cm³/mol. The summed E-state index contributed by atoms with van der Waals surface area (Å²) >= 11 is 0. The van der Waals surface area contributed by atoms with Gasteiger partial charge in [-0.05, 0) is 41.8 Å². The van der Waals surface area contributed by atoms with Crippen LogP contribution in [0.4, 0.5) is 4.79 Å². The number of rotatable bonds is 8. The van der Waals surface area contributed by atoms with Crippen molar-refractivity contribution < 1.29 is 28.6 Å². The van der Waals surface area contributed by atoms with Crippen LogP contribution in [0.2, 0.25) is 0 Å². The Balaban J connectivity index is 1.27. The Bertz CT molecular complexity index is 1010. The molecule has 2 aliphatic rings. The van der Waals surface area contributed by atoms with Gasteiger partial charge in [0, 0.05) is 13.0 Å². The monoisotopic (exact) mass is 425 g/mol. The van der Waals surface area contributed by atoms with Gasteiger partial charge in [0.05, 0.1) is 13.7 Å². The van der Waals surface area contributed by atoms with Gasteiger partial charge in [0.15, 0.2) is 11.5 Å². The van der Waals surface area contributed by atoms with E-state index in [0.717, 1.165) is 16.0 Å². The SMILES string of the molecule is COc1cccc(CNC(=O)CC[C@H]2NC(=O)N(Cc3ccc4c(c3)OCO4)C2=O)c1. The summed E-state index contributed by atoms with van der Waals surface area (Å²) in [7, 11) is 1.58. The highest BCUT2D eigenvalue weighted by Gasteiger charge is 2.38. The number of carbonyl (C=O) groups is 3. The second-order valence-electron chi connectivity index (χ2n) is 7.28. The van der Waals surface area contributed by atoms with Crippen LogP contribution >= 0.6 is 0 Å². The molecule has 162 valence electrons. The van der Waals surface area contributed by atoms with E-state index in [1.165, 1.54) is 0 Å². The number of amides is 4. The van der Waals surface area contributed by atoms with Crippen LogP contribution in [0, 0.1) is 0 Å². The molecular formula is C22H23N3O6. The Labute approximate surface area is 179 Å². The highest BCUT2D eigenvalue weighted by molar-refractivity contribution is 6.04. The lowest BCUT2D eigenvalue weighted by atomic mass is 10.1. The molecule has 0 saturated carbocycles. The maximum Gasteiger partial charge on any atom is 0.325 e. The Kier molecular flexibility index (Phi) is 5.92. The first kappa shape index (κ1) is 20.5. The Morgan fingerprint density at radius 3 is 2.84 bits per heavy atom. The lowest BCUT2D eigenvalue weighted by molar-refractivity contribution is -0.128. The molecule has 1 fully saturated rings. The Morgan fingerprint density at radius 2 is 2.00 bits per heavy atom. The summed E-state index contributed by atoms with van der Waals surface area (Å²) in [6.07, 6.45) is 0.352. The highest BCUT2D eigenvalue weighted by Crippen LogP contribution is 2.33. The second-order valence-corrected chi connectivity index (χ2v) is 7.28. The third kappa shape index (κ3) is 4.71. The van der Waals surface area contributed by atoms with Crippen LogP contribution in [0.25, 0.3) is 0 Å². The minimum Gasteiger partial charge on any atom is -0.497 e. The van der Waals surface area contributed by atoms with Gasteiger partial charge in [-0.15, -0.1) is 0 Å². The van der Waals surface area contributed by atoms with Crippen molar-refractivity contribution in [1.82, 2.24) is 15.5 Å². The van der Waals surface area contributed by atoms with Crippen LogP contribution in [0.15, 0.2) is 42.5 Å². The number of hydrogen-bond donors (Lipinski definition) is 2. The van der Waals surface area contributed by atoms with E-state index in [9.17, 15) is 14.4 Å². The first-order chi connectivity index (χ1) is 15.0. The van der Waals surface area contributed by atoms with E-state index < -0.39 is 12.1 Å². The minimum absolute atomic E-state index is 0.124. The quantitative estimate of drug-likeness (QED) is 0.626. The molecule has 0 spiro atoms. The number of nitrogens with zero attached hydrogens (tertiary/aromatic N) is 1. The maximum atomic E-state index is 12.7. The average Bonchev–Trinajstić information content (AvgIpc) is 3.35. The Hall–Kier alpha value is -3.75. The van der Waals surface area contributed by atoms with Gasteiger partial charge in [0.25, 0.3) is 5.91 Å². The summed E-state index contributed by atoms with van der Waals surface area (Å²) in [6, 6.07) is 11.5. The molecule has 0 bridgehead atoms. The molecule has 2 aromatic rings. The molecule has 2 heterocycles. The molecule has 9 nitrogen and oxygen atoms in total. The fourth-order valence-electron chi connectivity index (χ4n) is 3.49. The van der Waals surface area contributed by atoms with Crippen molar-refractivity contribution in [2.24, 2.45) is 0 Å². The molecule has 4 rings (SSSR count). The average molecular weight is 425 g/mol. The second kappa shape index (κ2) is 8.95. The molecule has 1 saturated heterocycles. The van der Waals surface area contributed by atoms with Crippen molar-refractivity contribution >= 4 is 17.8 Å². The number of imide groups is 1. The highest BCUT2D eigenvalue weighted by atomic mass is 16.7. The molecule has 2 aliphatic heterocycles. The van der Waals surface area contributed by atoms with Gasteiger partial charge in [0.1, 0.15) is 11.8 Å². The lowest BCUT2D eigenvalue weighted by Gasteiger charge is -2.13. The van der Waals surface area contributed by atoms with Crippen molar-refractivity contribution in [2.45, 2.75) is 32.0 Å². The van der Waals surface area contributed by atoms with E-state index in [4.69, 9.17) is 14.2 Å².